The van der Waals surface area contributed by atoms with Gasteiger partial charge in [0.2, 0.25) is 0 Å². The number of fused-ring (bicyclic) bond motifs is 10. The van der Waals surface area contributed by atoms with E-state index in [-0.39, 0.29) is 0 Å². The summed E-state index contributed by atoms with van der Waals surface area (Å²) >= 11 is 10.5. The minimum absolute atomic E-state index is 0.373. The van der Waals surface area contributed by atoms with Gasteiger partial charge in [0.1, 0.15) is 16.0 Å². The van der Waals surface area contributed by atoms with E-state index in [0.717, 1.165) is 37.1 Å². The highest BCUT2D eigenvalue weighted by atomic mass is 35.5. The molecule has 0 saturated heterocycles. The summed E-state index contributed by atoms with van der Waals surface area (Å²) < 4.78 is 3.61. The van der Waals surface area contributed by atoms with E-state index in [1.54, 1.807) is 11.3 Å². The molecule has 0 spiro atoms. The molecule has 0 bridgehead atoms. The second-order valence-electron chi connectivity index (χ2n) is 11.2. The van der Waals surface area contributed by atoms with Crippen LogP contribution in [0.3, 0.4) is 0 Å². The van der Waals surface area contributed by atoms with Gasteiger partial charge in [-0.2, -0.15) is 0 Å². The summed E-state index contributed by atoms with van der Waals surface area (Å²) in [7, 11) is 0. The minimum Gasteiger partial charge on any atom is -0.241 e. The molecular weight excluding hydrogens is 596 g/mol. The van der Waals surface area contributed by atoms with E-state index >= 15 is 0 Å². The Morgan fingerprint density at radius 2 is 1.36 bits per heavy atom. The number of aromatic nitrogens is 2. The molecule has 0 fully saturated rings. The maximum Gasteiger partial charge on any atom is 0.157 e. The summed E-state index contributed by atoms with van der Waals surface area (Å²) in [6.45, 7) is 6.93. The molecule has 44 heavy (non-hydrogen) atoms. The van der Waals surface area contributed by atoms with Gasteiger partial charge in [-0.3, -0.25) is 0 Å². The SMILES string of the molecule is C=C(c1nc2c(nc1Cl)sc1ccccc12)c1c(-c2ccccc2C)c2ccccc2c2c1sc1c3ccccc3ccc12. The predicted octanol–water partition coefficient (Wildman–Crippen LogP) is 12.2. The van der Waals surface area contributed by atoms with E-state index in [1.807, 2.05) is 23.5 Å². The minimum atomic E-state index is 0.373. The van der Waals surface area contributed by atoms with Crippen LogP contribution >= 0.6 is 34.3 Å². The van der Waals surface area contributed by atoms with Gasteiger partial charge in [-0.15, -0.1) is 22.7 Å². The Kier molecular flexibility index (Phi) is 5.70. The Labute approximate surface area is 266 Å². The molecule has 208 valence electrons. The topological polar surface area (TPSA) is 25.8 Å². The number of hydrogen-bond acceptors (Lipinski definition) is 4. The van der Waals surface area contributed by atoms with Gasteiger partial charge in [0.25, 0.3) is 0 Å². The van der Waals surface area contributed by atoms with E-state index in [1.165, 1.54) is 52.8 Å². The average molecular weight is 619 g/mol. The molecule has 0 aliphatic carbocycles. The van der Waals surface area contributed by atoms with E-state index in [4.69, 9.17) is 28.1 Å². The third-order valence-corrected chi connectivity index (χ3v) is 11.3. The molecule has 5 heteroatoms. The Morgan fingerprint density at radius 1 is 0.659 bits per heavy atom. The van der Waals surface area contributed by atoms with Crippen LogP contribution in [0.2, 0.25) is 5.15 Å². The van der Waals surface area contributed by atoms with Crippen LogP contribution in [0.1, 0.15) is 16.8 Å². The Morgan fingerprint density at radius 3 is 2.20 bits per heavy atom. The second-order valence-corrected chi connectivity index (χ2v) is 13.6. The molecule has 0 radical (unpaired) electrons. The molecule has 2 nitrogen and oxygen atoms in total. The molecule has 0 atom stereocenters. The lowest BCUT2D eigenvalue weighted by Crippen LogP contribution is -1.99. The van der Waals surface area contributed by atoms with Crippen molar-refractivity contribution in [2.75, 3.05) is 0 Å². The molecule has 0 amide bonds. The fraction of sp³-hybridized carbons (Fsp3) is 0.0256. The van der Waals surface area contributed by atoms with Crippen LogP contribution in [-0.2, 0) is 0 Å². The quantitative estimate of drug-likeness (QED) is 0.197. The zero-order valence-electron chi connectivity index (χ0n) is 23.7. The zero-order valence-corrected chi connectivity index (χ0v) is 26.1. The third kappa shape index (κ3) is 3.66. The maximum absolute atomic E-state index is 7.01. The molecule has 6 aromatic carbocycles. The first-order valence-corrected chi connectivity index (χ1v) is 16.5. The normalized spacial score (nSPS) is 12.0. The molecule has 0 N–H and O–H groups in total. The van der Waals surface area contributed by atoms with E-state index in [2.05, 4.69) is 104 Å². The summed E-state index contributed by atoms with van der Waals surface area (Å²) in [5.41, 5.74) is 6.86. The summed E-state index contributed by atoms with van der Waals surface area (Å²) in [6.07, 6.45) is 0. The van der Waals surface area contributed by atoms with Gasteiger partial charge in [-0.1, -0.05) is 121 Å². The number of halogens is 1. The predicted molar refractivity (Wildman–Crippen MR) is 193 cm³/mol. The summed E-state index contributed by atoms with van der Waals surface area (Å²) in [5, 5.41) is 8.86. The van der Waals surface area contributed by atoms with Crippen LogP contribution in [0.4, 0.5) is 0 Å². The van der Waals surface area contributed by atoms with E-state index in [0.29, 0.717) is 10.8 Å². The third-order valence-electron chi connectivity index (χ3n) is 8.70. The van der Waals surface area contributed by atoms with Crippen molar-refractivity contribution in [1.29, 1.82) is 0 Å². The number of hydrogen-bond donors (Lipinski definition) is 0. The molecule has 0 aliphatic rings. The number of benzene rings is 6. The van der Waals surface area contributed by atoms with Gasteiger partial charge in [-0.25, -0.2) is 9.97 Å². The van der Waals surface area contributed by atoms with Gasteiger partial charge in [-0.05, 0) is 51.2 Å². The van der Waals surface area contributed by atoms with Crippen molar-refractivity contribution in [2.24, 2.45) is 0 Å². The Bertz CT molecular complexity index is 2660. The highest BCUT2D eigenvalue weighted by molar-refractivity contribution is 7.27. The van der Waals surface area contributed by atoms with Crippen molar-refractivity contribution in [3.05, 3.63) is 138 Å². The monoisotopic (exact) mass is 618 g/mol. The Hall–Kier alpha value is -4.61. The molecule has 3 heterocycles. The second kappa shape index (κ2) is 9.70. The smallest absolute Gasteiger partial charge is 0.157 e. The van der Waals surface area contributed by atoms with E-state index in [9.17, 15) is 0 Å². The van der Waals surface area contributed by atoms with Crippen molar-refractivity contribution in [1.82, 2.24) is 9.97 Å². The van der Waals surface area contributed by atoms with E-state index < -0.39 is 0 Å². The van der Waals surface area contributed by atoms with Gasteiger partial charge < -0.3 is 0 Å². The van der Waals surface area contributed by atoms with Crippen LogP contribution in [-0.4, -0.2) is 9.97 Å². The molecule has 0 unspecified atom stereocenters. The van der Waals surface area contributed by atoms with Crippen molar-refractivity contribution < 1.29 is 0 Å². The van der Waals surface area contributed by atoms with Crippen LogP contribution in [0.15, 0.2) is 116 Å². The molecule has 0 aliphatic heterocycles. The first kappa shape index (κ1) is 25.8. The largest absolute Gasteiger partial charge is 0.241 e. The number of rotatable bonds is 3. The summed E-state index contributed by atoms with van der Waals surface area (Å²) in [6, 6.07) is 38.8. The molecule has 0 saturated carbocycles. The fourth-order valence-corrected chi connectivity index (χ4v) is 9.41. The van der Waals surface area contributed by atoms with Crippen molar-refractivity contribution in [2.45, 2.75) is 6.92 Å². The van der Waals surface area contributed by atoms with Crippen molar-refractivity contribution in [3.8, 4) is 11.1 Å². The van der Waals surface area contributed by atoms with Gasteiger partial charge in [0, 0.05) is 41.4 Å². The molecule has 9 rings (SSSR count). The number of aryl methyl sites for hydroxylation is 1. The van der Waals surface area contributed by atoms with Crippen LogP contribution in [0, 0.1) is 6.92 Å². The van der Waals surface area contributed by atoms with Crippen LogP contribution < -0.4 is 0 Å². The van der Waals surface area contributed by atoms with Crippen molar-refractivity contribution in [3.63, 3.8) is 0 Å². The van der Waals surface area contributed by atoms with Crippen LogP contribution in [0.5, 0.6) is 0 Å². The lowest BCUT2D eigenvalue weighted by atomic mass is 9.85. The first-order valence-electron chi connectivity index (χ1n) is 14.5. The zero-order chi connectivity index (χ0) is 29.5. The molecule has 3 aromatic heterocycles. The standard InChI is InChI=1S/C39H23ClN2S2/c1-21-11-3-5-13-24(21)32-26-15-7-8-16-27(26)33-29-20-19-23-12-4-6-14-25(23)36(29)44-37(33)31(32)22(2)34-38(40)42-39-35(41-34)28-17-9-10-18-30(28)43-39/h3-20H,2H2,1H3. The summed E-state index contributed by atoms with van der Waals surface area (Å²) in [5.74, 6) is 0. The number of thiophene rings is 2. The average Bonchev–Trinajstić information content (AvgIpc) is 3.62. The first-order chi connectivity index (χ1) is 21.6. The Balaban J connectivity index is 1.47. The summed E-state index contributed by atoms with van der Waals surface area (Å²) in [4.78, 5) is 10.9. The van der Waals surface area contributed by atoms with Crippen LogP contribution in [0.25, 0.3) is 78.9 Å². The highest BCUT2D eigenvalue weighted by Crippen LogP contribution is 2.51. The van der Waals surface area contributed by atoms with Gasteiger partial charge in [0.15, 0.2) is 5.15 Å². The highest BCUT2D eigenvalue weighted by Gasteiger charge is 2.25. The maximum atomic E-state index is 7.01. The fourth-order valence-electron chi connectivity index (χ4n) is 6.67. The lowest BCUT2D eigenvalue weighted by molar-refractivity contribution is 1.27. The van der Waals surface area contributed by atoms with Gasteiger partial charge >= 0.3 is 0 Å². The van der Waals surface area contributed by atoms with Crippen molar-refractivity contribution >= 4 is 102 Å². The van der Waals surface area contributed by atoms with Gasteiger partial charge in [0.05, 0.1) is 0 Å². The molecule has 9 aromatic rings. The lowest BCUT2D eigenvalue weighted by Gasteiger charge is -2.19. The number of nitrogens with zero attached hydrogens (tertiary/aromatic N) is 2. The molecular formula is C39H23ClN2S2.